The Labute approximate surface area is 236 Å². The second-order valence-electron chi connectivity index (χ2n) is 11.4. The number of nitrogens with zero attached hydrogens (tertiary/aromatic N) is 5. The molecule has 1 atom stereocenters. The zero-order valence-corrected chi connectivity index (χ0v) is 22.9. The van der Waals surface area contributed by atoms with Gasteiger partial charge in [0, 0.05) is 42.8 Å². The van der Waals surface area contributed by atoms with Crippen molar-refractivity contribution in [3.05, 3.63) is 54.2 Å². The summed E-state index contributed by atoms with van der Waals surface area (Å²) >= 11 is 0. The molecule has 0 aliphatic carbocycles. The zero-order chi connectivity index (χ0) is 28.0. The molecule has 0 radical (unpaired) electrons. The van der Waals surface area contributed by atoms with Crippen LogP contribution in [-0.2, 0) is 4.74 Å². The summed E-state index contributed by atoms with van der Waals surface area (Å²) < 4.78 is 43.5. The number of pyridine rings is 1. The van der Waals surface area contributed by atoms with Gasteiger partial charge in [0.2, 0.25) is 0 Å². The number of aliphatic hydroxyl groups is 1. The summed E-state index contributed by atoms with van der Waals surface area (Å²) in [4.78, 5) is 18.3. The van der Waals surface area contributed by atoms with E-state index in [2.05, 4.69) is 14.9 Å². The van der Waals surface area contributed by atoms with Crippen LogP contribution >= 0.6 is 0 Å². The van der Waals surface area contributed by atoms with Crippen LogP contribution in [0.1, 0.15) is 25.7 Å². The van der Waals surface area contributed by atoms with Gasteiger partial charge in [0.1, 0.15) is 29.5 Å². The minimum absolute atomic E-state index is 0.0209. The molecule has 5 heterocycles. The fraction of sp³-hybridized carbons (Fsp3) is 0.452. The van der Waals surface area contributed by atoms with Gasteiger partial charge in [-0.2, -0.15) is 9.97 Å². The molecule has 3 aliphatic rings. The fourth-order valence-electron chi connectivity index (χ4n) is 6.85. The number of rotatable bonds is 6. The molecule has 0 saturated carbocycles. The van der Waals surface area contributed by atoms with Crippen LogP contribution in [0.25, 0.3) is 32.9 Å². The van der Waals surface area contributed by atoms with Crippen molar-refractivity contribution < 1.29 is 23.4 Å². The Morgan fingerprint density at radius 2 is 1.85 bits per heavy atom. The lowest BCUT2D eigenvalue weighted by Gasteiger charge is -2.31. The van der Waals surface area contributed by atoms with E-state index >= 15 is 4.39 Å². The van der Waals surface area contributed by atoms with Crippen LogP contribution in [0.4, 0.5) is 14.6 Å². The van der Waals surface area contributed by atoms with Gasteiger partial charge in [0.25, 0.3) is 0 Å². The first-order valence-electron chi connectivity index (χ1n) is 14.4. The summed E-state index contributed by atoms with van der Waals surface area (Å²) in [5, 5.41) is 11.3. The highest BCUT2D eigenvalue weighted by Gasteiger charge is 2.45. The number of aliphatic hydroxyl groups excluding tert-OH is 1. The average molecular weight is 562 g/mol. The molecule has 2 aromatic carbocycles. The van der Waals surface area contributed by atoms with Crippen molar-refractivity contribution in [2.45, 2.75) is 31.2 Å². The SMILES string of the molecule is OCC1COCCN(c2nc(OCC34CCCN3CCC4)nc3c(F)c(-c4cccc5cccc(F)c45)ncc23)C1. The molecule has 7 rings (SSSR count). The topological polar surface area (TPSA) is 83.8 Å². The molecular weight excluding hydrogens is 528 g/mol. The first-order chi connectivity index (χ1) is 20.1. The van der Waals surface area contributed by atoms with Gasteiger partial charge in [0.05, 0.1) is 24.1 Å². The van der Waals surface area contributed by atoms with Crippen molar-refractivity contribution in [1.29, 1.82) is 0 Å². The fourth-order valence-corrected chi connectivity index (χ4v) is 6.85. The van der Waals surface area contributed by atoms with E-state index in [1.54, 1.807) is 36.5 Å². The van der Waals surface area contributed by atoms with Crippen molar-refractivity contribution in [3.63, 3.8) is 0 Å². The van der Waals surface area contributed by atoms with Gasteiger partial charge in [-0.1, -0.05) is 30.3 Å². The Morgan fingerprint density at radius 1 is 1.05 bits per heavy atom. The second-order valence-corrected chi connectivity index (χ2v) is 11.4. The zero-order valence-electron chi connectivity index (χ0n) is 22.9. The van der Waals surface area contributed by atoms with E-state index in [9.17, 15) is 9.50 Å². The number of hydrogen-bond acceptors (Lipinski definition) is 8. The van der Waals surface area contributed by atoms with Gasteiger partial charge in [-0.3, -0.25) is 9.88 Å². The normalized spacial score (nSPS) is 21.0. The highest BCUT2D eigenvalue weighted by atomic mass is 19.1. The summed E-state index contributed by atoms with van der Waals surface area (Å²) in [6.45, 7) is 4.40. The third kappa shape index (κ3) is 4.67. The molecule has 3 saturated heterocycles. The third-order valence-electron chi connectivity index (χ3n) is 8.93. The monoisotopic (exact) mass is 561 g/mol. The molecule has 0 bridgehead atoms. The van der Waals surface area contributed by atoms with Crippen LogP contribution in [0.3, 0.4) is 0 Å². The third-order valence-corrected chi connectivity index (χ3v) is 8.93. The number of fused-ring (bicyclic) bond motifs is 3. The Balaban J connectivity index is 1.35. The van der Waals surface area contributed by atoms with E-state index in [0.717, 1.165) is 38.8 Å². The number of aromatic nitrogens is 3. The average Bonchev–Trinajstić information content (AvgIpc) is 3.48. The molecule has 1 unspecified atom stereocenters. The molecule has 214 valence electrons. The van der Waals surface area contributed by atoms with Gasteiger partial charge < -0.3 is 19.5 Å². The van der Waals surface area contributed by atoms with E-state index in [0.29, 0.717) is 60.5 Å². The smallest absolute Gasteiger partial charge is 0.319 e. The Kier molecular flexibility index (Phi) is 6.92. The predicted octanol–water partition coefficient (Wildman–Crippen LogP) is 4.58. The molecule has 2 aromatic heterocycles. The molecule has 3 fully saturated rings. The number of anilines is 1. The van der Waals surface area contributed by atoms with Gasteiger partial charge in [0.15, 0.2) is 5.82 Å². The summed E-state index contributed by atoms with van der Waals surface area (Å²) in [5.41, 5.74) is 0.422. The molecular formula is C31H33F2N5O3. The number of halogens is 2. The van der Waals surface area contributed by atoms with Crippen molar-refractivity contribution in [1.82, 2.24) is 19.9 Å². The minimum atomic E-state index is -0.655. The first kappa shape index (κ1) is 26.4. The first-order valence-corrected chi connectivity index (χ1v) is 14.4. The van der Waals surface area contributed by atoms with Crippen LogP contribution in [0.15, 0.2) is 42.6 Å². The minimum Gasteiger partial charge on any atom is -0.461 e. The van der Waals surface area contributed by atoms with Crippen LogP contribution in [-0.4, -0.2) is 83.1 Å². The van der Waals surface area contributed by atoms with Crippen LogP contribution < -0.4 is 9.64 Å². The molecule has 0 amide bonds. The van der Waals surface area contributed by atoms with Gasteiger partial charge in [-0.05, 0) is 50.2 Å². The molecule has 1 N–H and O–H groups in total. The Hall–Kier alpha value is -3.47. The number of benzene rings is 2. The number of hydrogen-bond donors (Lipinski definition) is 1. The van der Waals surface area contributed by atoms with E-state index in [4.69, 9.17) is 14.5 Å². The van der Waals surface area contributed by atoms with Crippen LogP contribution in [0.5, 0.6) is 6.01 Å². The van der Waals surface area contributed by atoms with Crippen LogP contribution in [0, 0.1) is 17.6 Å². The Bertz CT molecular complexity index is 1590. The Morgan fingerprint density at radius 3 is 2.66 bits per heavy atom. The summed E-state index contributed by atoms with van der Waals surface area (Å²) in [7, 11) is 0. The van der Waals surface area contributed by atoms with E-state index in [-0.39, 0.29) is 35.3 Å². The second kappa shape index (κ2) is 10.7. The van der Waals surface area contributed by atoms with Crippen molar-refractivity contribution in [2.75, 3.05) is 57.5 Å². The van der Waals surface area contributed by atoms with Crippen molar-refractivity contribution in [2.24, 2.45) is 5.92 Å². The lowest BCUT2D eigenvalue weighted by atomic mass is 9.95. The molecule has 10 heteroatoms. The van der Waals surface area contributed by atoms with Gasteiger partial charge >= 0.3 is 6.01 Å². The van der Waals surface area contributed by atoms with E-state index < -0.39 is 11.6 Å². The molecule has 3 aliphatic heterocycles. The maximum Gasteiger partial charge on any atom is 0.319 e. The summed E-state index contributed by atoms with van der Waals surface area (Å²) in [6.07, 6.45) is 5.94. The van der Waals surface area contributed by atoms with Gasteiger partial charge in [-0.15, -0.1) is 0 Å². The molecule has 4 aromatic rings. The molecule has 8 nitrogen and oxygen atoms in total. The highest BCUT2D eigenvalue weighted by molar-refractivity contribution is 5.99. The van der Waals surface area contributed by atoms with E-state index in [1.807, 2.05) is 4.90 Å². The number of ether oxygens (including phenoxy) is 2. The van der Waals surface area contributed by atoms with Crippen LogP contribution in [0.2, 0.25) is 0 Å². The lowest BCUT2D eigenvalue weighted by Crippen LogP contribution is -2.43. The molecule has 0 spiro atoms. The summed E-state index contributed by atoms with van der Waals surface area (Å²) in [5.74, 6) is -0.725. The van der Waals surface area contributed by atoms with Gasteiger partial charge in [-0.25, -0.2) is 8.78 Å². The largest absolute Gasteiger partial charge is 0.461 e. The molecule has 41 heavy (non-hydrogen) atoms. The predicted molar refractivity (Wildman–Crippen MR) is 152 cm³/mol. The highest BCUT2D eigenvalue weighted by Crippen LogP contribution is 2.40. The summed E-state index contributed by atoms with van der Waals surface area (Å²) in [6, 6.07) is 10.1. The van der Waals surface area contributed by atoms with Crippen molar-refractivity contribution >= 4 is 27.5 Å². The van der Waals surface area contributed by atoms with E-state index in [1.165, 1.54) is 6.07 Å². The standard InChI is InChI=1S/C31H33F2N5O3/c32-24-8-2-6-21-5-1-7-22(25(21)24)27-26(33)28-23(15-34-27)29(37-13-14-40-18-20(16-37)17-39)36-30(35-28)41-19-31-9-3-11-38(31)12-4-10-31/h1-2,5-8,15,20,39H,3-4,9-14,16-19H2. The lowest BCUT2D eigenvalue weighted by molar-refractivity contribution is 0.0959. The quantitative estimate of drug-likeness (QED) is 0.367. The van der Waals surface area contributed by atoms with Crippen molar-refractivity contribution in [3.8, 4) is 17.3 Å². The maximum atomic E-state index is 16.5. The maximum absolute atomic E-state index is 16.5.